The van der Waals surface area contributed by atoms with E-state index in [9.17, 15) is 0 Å². The van der Waals surface area contributed by atoms with Gasteiger partial charge in [0, 0.05) is 17.1 Å². The molecule has 0 spiro atoms. The predicted octanol–water partition coefficient (Wildman–Crippen LogP) is 2.39. The molecule has 2 N–H and O–H groups in total. The molecule has 0 saturated carbocycles. The van der Waals surface area contributed by atoms with Crippen LogP contribution < -0.4 is 0 Å². The molecule has 2 rings (SSSR count). The third kappa shape index (κ3) is 1.55. The molecule has 0 amide bonds. The number of aliphatic hydroxyl groups is 1. The summed E-state index contributed by atoms with van der Waals surface area (Å²) in [4.78, 5) is 3.13. The van der Waals surface area contributed by atoms with Crippen molar-refractivity contribution in [2.45, 2.75) is 13.5 Å². The van der Waals surface area contributed by atoms with E-state index in [1.807, 2.05) is 31.3 Å². The average molecular weight is 198 g/mol. The first kappa shape index (κ1) is 10.1. The molecule has 0 fully saturated rings. The van der Waals surface area contributed by atoms with Crippen LogP contribution in [0.2, 0.25) is 0 Å². The fraction of sp³-hybridized carbons (Fsp3) is 0.200. The number of halogens is 1. The Labute approximate surface area is 83.0 Å². The number of hydrogen-bond acceptors (Lipinski definition) is 1. The van der Waals surface area contributed by atoms with E-state index >= 15 is 0 Å². The number of rotatable bonds is 1. The highest BCUT2D eigenvalue weighted by atomic mass is 35.5. The number of aromatic nitrogens is 1. The van der Waals surface area contributed by atoms with Crippen molar-refractivity contribution in [1.29, 1.82) is 0 Å². The van der Waals surface area contributed by atoms with Crippen LogP contribution in [-0.4, -0.2) is 10.1 Å². The largest absolute Gasteiger partial charge is 0.392 e. The van der Waals surface area contributed by atoms with E-state index in [2.05, 4.69) is 4.98 Å². The Morgan fingerprint density at radius 2 is 2.08 bits per heavy atom. The summed E-state index contributed by atoms with van der Waals surface area (Å²) in [7, 11) is 0. The van der Waals surface area contributed by atoms with Gasteiger partial charge < -0.3 is 10.1 Å². The van der Waals surface area contributed by atoms with Crippen LogP contribution in [0.25, 0.3) is 10.9 Å². The minimum Gasteiger partial charge on any atom is -0.392 e. The van der Waals surface area contributed by atoms with Gasteiger partial charge in [-0.15, -0.1) is 12.4 Å². The standard InChI is InChI=1S/C10H11NO.ClH/c1-7-8(6-12)2-3-10-9(7)4-5-11-10;/h2-5,11-12H,6H2,1H3;1H. The maximum Gasteiger partial charge on any atom is 0.0684 e. The van der Waals surface area contributed by atoms with Crippen LogP contribution in [0, 0.1) is 6.92 Å². The molecule has 0 saturated heterocycles. The molecule has 0 aliphatic carbocycles. The number of aryl methyl sites for hydroxylation is 1. The molecule has 13 heavy (non-hydrogen) atoms. The SMILES string of the molecule is Cc1c(CO)ccc2[nH]ccc12.Cl. The molecule has 70 valence electrons. The van der Waals surface area contributed by atoms with Gasteiger partial charge in [0.2, 0.25) is 0 Å². The van der Waals surface area contributed by atoms with Crippen molar-refractivity contribution in [3.63, 3.8) is 0 Å². The van der Waals surface area contributed by atoms with Gasteiger partial charge in [-0.1, -0.05) is 6.07 Å². The fourth-order valence-corrected chi connectivity index (χ4v) is 1.50. The maximum absolute atomic E-state index is 9.01. The summed E-state index contributed by atoms with van der Waals surface area (Å²) in [6.07, 6.45) is 1.92. The zero-order valence-corrected chi connectivity index (χ0v) is 8.19. The summed E-state index contributed by atoms with van der Waals surface area (Å²) in [5.41, 5.74) is 3.29. The van der Waals surface area contributed by atoms with Gasteiger partial charge in [-0.05, 0) is 30.2 Å². The molecule has 0 radical (unpaired) electrons. The number of hydrogen-bond donors (Lipinski definition) is 2. The number of nitrogens with one attached hydrogen (secondary N) is 1. The third-order valence-corrected chi connectivity index (χ3v) is 2.29. The Balaban J connectivity index is 0.000000845. The molecule has 0 aliphatic rings. The van der Waals surface area contributed by atoms with Crippen LogP contribution in [0.1, 0.15) is 11.1 Å². The first-order valence-electron chi connectivity index (χ1n) is 3.99. The molecule has 1 aromatic heterocycles. The van der Waals surface area contributed by atoms with Crippen molar-refractivity contribution in [2.24, 2.45) is 0 Å². The number of aromatic amines is 1. The second-order valence-corrected chi connectivity index (χ2v) is 2.95. The molecule has 2 aromatic rings. The Hall–Kier alpha value is -0.990. The third-order valence-electron chi connectivity index (χ3n) is 2.29. The first-order valence-corrected chi connectivity index (χ1v) is 3.99. The number of H-pyrrole nitrogens is 1. The minimum atomic E-state index is 0. The van der Waals surface area contributed by atoms with Crippen LogP contribution in [0.15, 0.2) is 24.4 Å². The summed E-state index contributed by atoms with van der Waals surface area (Å²) >= 11 is 0. The van der Waals surface area contributed by atoms with Gasteiger partial charge in [-0.25, -0.2) is 0 Å². The number of benzene rings is 1. The summed E-state index contributed by atoms with van der Waals surface area (Å²) in [6, 6.07) is 5.98. The summed E-state index contributed by atoms with van der Waals surface area (Å²) in [5.74, 6) is 0. The van der Waals surface area contributed by atoms with Crippen molar-refractivity contribution in [2.75, 3.05) is 0 Å². The van der Waals surface area contributed by atoms with Crippen LogP contribution in [0.5, 0.6) is 0 Å². The van der Waals surface area contributed by atoms with E-state index in [0.29, 0.717) is 0 Å². The first-order chi connectivity index (χ1) is 5.83. The lowest BCUT2D eigenvalue weighted by atomic mass is 10.1. The summed E-state index contributed by atoms with van der Waals surface area (Å²) < 4.78 is 0. The van der Waals surface area contributed by atoms with Crippen molar-refractivity contribution >= 4 is 23.3 Å². The molecular weight excluding hydrogens is 186 g/mol. The highest BCUT2D eigenvalue weighted by Crippen LogP contribution is 2.20. The molecule has 0 atom stereocenters. The molecule has 3 heteroatoms. The number of fused-ring (bicyclic) bond motifs is 1. The predicted molar refractivity (Wildman–Crippen MR) is 56.2 cm³/mol. The van der Waals surface area contributed by atoms with E-state index in [-0.39, 0.29) is 19.0 Å². The Bertz CT molecular complexity index is 408. The molecule has 0 bridgehead atoms. The van der Waals surface area contributed by atoms with E-state index in [4.69, 9.17) is 5.11 Å². The molecule has 2 nitrogen and oxygen atoms in total. The van der Waals surface area contributed by atoms with Gasteiger partial charge in [0.15, 0.2) is 0 Å². The van der Waals surface area contributed by atoms with Gasteiger partial charge in [-0.3, -0.25) is 0 Å². The number of aliphatic hydroxyl groups excluding tert-OH is 1. The van der Waals surface area contributed by atoms with Gasteiger partial charge in [0.1, 0.15) is 0 Å². The Kier molecular flexibility index (Phi) is 2.96. The zero-order valence-electron chi connectivity index (χ0n) is 7.37. The van der Waals surface area contributed by atoms with Crippen molar-refractivity contribution < 1.29 is 5.11 Å². The highest BCUT2D eigenvalue weighted by Gasteiger charge is 2.01. The smallest absolute Gasteiger partial charge is 0.0684 e. The topological polar surface area (TPSA) is 36.0 Å². The Morgan fingerprint density at radius 1 is 1.31 bits per heavy atom. The van der Waals surface area contributed by atoms with Crippen molar-refractivity contribution in [3.8, 4) is 0 Å². The van der Waals surface area contributed by atoms with E-state index in [0.717, 1.165) is 16.6 Å². The zero-order chi connectivity index (χ0) is 8.55. The fourth-order valence-electron chi connectivity index (χ4n) is 1.50. The molecule has 1 aromatic carbocycles. The van der Waals surface area contributed by atoms with Crippen LogP contribution in [0.3, 0.4) is 0 Å². The summed E-state index contributed by atoms with van der Waals surface area (Å²) in [5, 5.41) is 10.2. The second-order valence-electron chi connectivity index (χ2n) is 2.95. The van der Waals surface area contributed by atoms with E-state index in [1.165, 1.54) is 5.39 Å². The average Bonchev–Trinajstić information content (AvgIpc) is 2.53. The monoisotopic (exact) mass is 197 g/mol. The van der Waals surface area contributed by atoms with Crippen LogP contribution >= 0.6 is 12.4 Å². The van der Waals surface area contributed by atoms with Gasteiger partial charge in [0.25, 0.3) is 0 Å². The maximum atomic E-state index is 9.01. The van der Waals surface area contributed by atoms with Gasteiger partial charge in [0.05, 0.1) is 6.61 Å². The van der Waals surface area contributed by atoms with Crippen LogP contribution in [0.4, 0.5) is 0 Å². The lowest BCUT2D eigenvalue weighted by molar-refractivity contribution is 0.281. The van der Waals surface area contributed by atoms with E-state index in [1.54, 1.807) is 0 Å². The molecule has 0 unspecified atom stereocenters. The second kappa shape index (κ2) is 3.81. The van der Waals surface area contributed by atoms with Crippen molar-refractivity contribution in [1.82, 2.24) is 4.98 Å². The van der Waals surface area contributed by atoms with Gasteiger partial charge >= 0.3 is 0 Å². The Morgan fingerprint density at radius 3 is 2.77 bits per heavy atom. The summed E-state index contributed by atoms with van der Waals surface area (Å²) in [6.45, 7) is 2.15. The van der Waals surface area contributed by atoms with Gasteiger partial charge in [-0.2, -0.15) is 0 Å². The van der Waals surface area contributed by atoms with E-state index < -0.39 is 0 Å². The molecular formula is C10H12ClNO. The highest BCUT2D eigenvalue weighted by molar-refractivity contribution is 5.85. The minimum absolute atomic E-state index is 0. The van der Waals surface area contributed by atoms with Crippen molar-refractivity contribution in [3.05, 3.63) is 35.5 Å². The normalized spacial score (nSPS) is 10.0. The lowest BCUT2D eigenvalue weighted by Crippen LogP contribution is -1.87. The van der Waals surface area contributed by atoms with Crippen LogP contribution in [-0.2, 0) is 6.61 Å². The molecule has 1 heterocycles. The quantitative estimate of drug-likeness (QED) is 0.724. The molecule has 0 aliphatic heterocycles. The lowest BCUT2D eigenvalue weighted by Gasteiger charge is -2.02.